The lowest BCUT2D eigenvalue weighted by Gasteiger charge is -2.24. The van der Waals surface area contributed by atoms with Gasteiger partial charge in [-0.2, -0.15) is 0 Å². The van der Waals surface area contributed by atoms with Gasteiger partial charge in [0.1, 0.15) is 11.4 Å². The van der Waals surface area contributed by atoms with Crippen molar-refractivity contribution in [2.75, 3.05) is 6.54 Å². The zero-order chi connectivity index (χ0) is 17.3. The molecule has 0 aliphatic carbocycles. The normalized spacial score (nSPS) is 17.8. The molecular weight excluding hydrogens is 320 g/mol. The molecule has 2 aromatic rings. The second kappa shape index (κ2) is 6.75. The third kappa shape index (κ3) is 3.92. The van der Waals surface area contributed by atoms with Crippen LogP contribution in [0.5, 0.6) is 5.75 Å². The molecule has 128 valence electrons. The van der Waals surface area contributed by atoms with E-state index in [1.165, 1.54) is 16.7 Å². The SMILES string of the molecule is CC(C)(C)Oc1ccc(CN2Cc3ccc(Cl)cc3C2CN)cc1. The van der Waals surface area contributed by atoms with Crippen LogP contribution in [0, 0.1) is 0 Å². The Morgan fingerprint density at radius 3 is 2.50 bits per heavy atom. The minimum atomic E-state index is -0.179. The summed E-state index contributed by atoms with van der Waals surface area (Å²) in [7, 11) is 0. The Morgan fingerprint density at radius 1 is 1.17 bits per heavy atom. The van der Waals surface area contributed by atoms with E-state index >= 15 is 0 Å². The van der Waals surface area contributed by atoms with E-state index in [1.807, 2.05) is 18.2 Å². The second-order valence-electron chi connectivity index (χ2n) is 7.36. The van der Waals surface area contributed by atoms with Gasteiger partial charge in [0.05, 0.1) is 0 Å². The number of benzene rings is 2. The summed E-state index contributed by atoms with van der Waals surface area (Å²) in [5.41, 5.74) is 9.69. The van der Waals surface area contributed by atoms with E-state index in [-0.39, 0.29) is 11.6 Å². The van der Waals surface area contributed by atoms with Gasteiger partial charge in [0.15, 0.2) is 0 Å². The lowest BCUT2D eigenvalue weighted by atomic mass is 10.1. The highest BCUT2D eigenvalue weighted by molar-refractivity contribution is 6.30. The average molecular weight is 345 g/mol. The third-order valence-corrected chi connectivity index (χ3v) is 4.47. The van der Waals surface area contributed by atoms with Crippen molar-refractivity contribution < 1.29 is 4.74 Å². The summed E-state index contributed by atoms with van der Waals surface area (Å²) < 4.78 is 5.88. The lowest BCUT2D eigenvalue weighted by Crippen LogP contribution is -2.27. The van der Waals surface area contributed by atoms with Crippen LogP contribution in [0.4, 0.5) is 0 Å². The minimum Gasteiger partial charge on any atom is -0.488 e. The van der Waals surface area contributed by atoms with Crippen LogP contribution in [0.3, 0.4) is 0 Å². The molecule has 0 aromatic heterocycles. The maximum atomic E-state index is 6.15. The first-order valence-corrected chi connectivity index (χ1v) is 8.74. The number of hydrogen-bond acceptors (Lipinski definition) is 3. The topological polar surface area (TPSA) is 38.5 Å². The predicted molar refractivity (Wildman–Crippen MR) is 99.3 cm³/mol. The molecule has 1 heterocycles. The molecule has 0 fully saturated rings. The fraction of sp³-hybridized carbons (Fsp3) is 0.400. The molecule has 1 aliphatic heterocycles. The van der Waals surface area contributed by atoms with Crippen molar-refractivity contribution in [2.24, 2.45) is 5.73 Å². The number of nitrogens with two attached hydrogens (primary N) is 1. The van der Waals surface area contributed by atoms with Crippen LogP contribution in [0.1, 0.15) is 43.5 Å². The summed E-state index contributed by atoms with van der Waals surface area (Å²) in [6.45, 7) is 8.54. The molecule has 0 radical (unpaired) electrons. The third-order valence-electron chi connectivity index (χ3n) is 4.24. The Morgan fingerprint density at radius 2 is 1.88 bits per heavy atom. The van der Waals surface area contributed by atoms with Gasteiger partial charge in [-0.3, -0.25) is 4.90 Å². The summed E-state index contributed by atoms with van der Waals surface area (Å²) >= 11 is 6.15. The van der Waals surface area contributed by atoms with Gasteiger partial charge >= 0.3 is 0 Å². The Bertz CT molecular complexity index is 707. The van der Waals surface area contributed by atoms with Crippen LogP contribution < -0.4 is 10.5 Å². The van der Waals surface area contributed by atoms with E-state index in [1.54, 1.807) is 0 Å². The molecular formula is C20H25ClN2O. The smallest absolute Gasteiger partial charge is 0.120 e. The summed E-state index contributed by atoms with van der Waals surface area (Å²) in [4.78, 5) is 2.40. The zero-order valence-electron chi connectivity index (χ0n) is 14.6. The number of ether oxygens (including phenoxy) is 1. The molecule has 1 atom stereocenters. The van der Waals surface area contributed by atoms with Crippen LogP contribution >= 0.6 is 11.6 Å². The second-order valence-corrected chi connectivity index (χ2v) is 7.79. The molecule has 0 saturated carbocycles. The first-order chi connectivity index (χ1) is 11.4. The van der Waals surface area contributed by atoms with E-state index in [0.717, 1.165) is 23.9 Å². The Hall–Kier alpha value is -1.55. The summed E-state index contributed by atoms with van der Waals surface area (Å²) in [5.74, 6) is 0.901. The predicted octanol–water partition coefficient (Wildman–Crippen LogP) is 4.53. The Kier molecular flexibility index (Phi) is 4.86. The Labute approximate surface area is 149 Å². The number of fused-ring (bicyclic) bond motifs is 1. The average Bonchev–Trinajstić information content (AvgIpc) is 2.84. The molecule has 0 bridgehead atoms. The molecule has 1 unspecified atom stereocenters. The van der Waals surface area contributed by atoms with Crippen LogP contribution in [-0.2, 0) is 13.1 Å². The molecule has 2 N–H and O–H groups in total. The van der Waals surface area contributed by atoms with Crippen molar-refractivity contribution in [3.05, 3.63) is 64.2 Å². The number of halogens is 1. The first-order valence-electron chi connectivity index (χ1n) is 8.36. The highest BCUT2D eigenvalue weighted by Crippen LogP contribution is 2.35. The summed E-state index contributed by atoms with van der Waals surface area (Å²) in [6.07, 6.45) is 0. The molecule has 3 nitrogen and oxygen atoms in total. The van der Waals surface area contributed by atoms with Crippen LogP contribution in [-0.4, -0.2) is 17.0 Å². The minimum absolute atomic E-state index is 0.179. The van der Waals surface area contributed by atoms with E-state index in [0.29, 0.717) is 6.54 Å². The standard InChI is InChI=1S/C20H25ClN2O/c1-20(2,3)24-17-8-4-14(5-9-17)12-23-13-15-6-7-16(21)10-18(15)19(23)11-22/h4-10,19H,11-13,22H2,1-3H3. The maximum absolute atomic E-state index is 6.15. The van der Waals surface area contributed by atoms with Crippen molar-refractivity contribution >= 4 is 11.6 Å². The zero-order valence-corrected chi connectivity index (χ0v) is 15.3. The van der Waals surface area contributed by atoms with Gasteiger partial charge in [-0.15, -0.1) is 0 Å². The highest BCUT2D eigenvalue weighted by Gasteiger charge is 2.29. The molecule has 24 heavy (non-hydrogen) atoms. The molecule has 2 aromatic carbocycles. The van der Waals surface area contributed by atoms with Gasteiger partial charge in [-0.1, -0.05) is 29.8 Å². The van der Waals surface area contributed by atoms with Gasteiger partial charge in [-0.25, -0.2) is 0 Å². The van der Waals surface area contributed by atoms with Crippen LogP contribution in [0.2, 0.25) is 5.02 Å². The quantitative estimate of drug-likeness (QED) is 0.885. The monoisotopic (exact) mass is 344 g/mol. The highest BCUT2D eigenvalue weighted by atomic mass is 35.5. The van der Waals surface area contributed by atoms with Crippen molar-refractivity contribution in [1.29, 1.82) is 0 Å². The van der Waals surface area contributed by atoms with Gasteiger partial charge in [0, 0.05) is 30.7 Å². The van der Waals surface area contributed by atoms with E-state index < -0.39 is 0 Å². The number of rotatable bonds is 4. The fourth-order valence-corrected chi connectivity index (χ4v) is 3.42. The molecule has 3 rings (SSSR count). The lowest BCUT2D eigenvalue weighted by molar-refractivity contribution is 0.131. The van der Waals surface area contributed by atoms with Crippen molar-refractivity contribution in [1.82, 2.24) is 4.90 Å². The maximum Gasteiger partial charge on any atom is 0.120 e. The largest absolute Gasteiger partial charge is 0.488 e. The number of hydrogen-bond donors (Lipinski definition) is 1. The summed E-state index contributed by atoms with van der Waals surface area (Å²) in [5, 5.41) is 0.776. The molecule has 0 saturated heterocycles. The molecule has 4 heteroatoms. The summed E-state index contributed by atoms with van der Waals surface area (Å²) in [6, 6.07) is 14.7. The van der Waals surface area contributed by atoms with Crippen LogP contribution in [0.25, 0.3) is 0 Å². The van der Waals surface area contributed by atoms with Crippen molar-refractivity contribution in [3.8, 4) is 5.75 Å². The molecule has 0 spiro atoms. The van der Waals surface area contributed by atoms with Gasteiger partial charge in [-0.05, 0) is 61.7 Å². The fourth-order valence-electron chi connectivity index (χ4n) is 3.24. The van der Waals surface area contributed by atoms with E-state index in [9.17, 15) is 0 Å². The molecule has 0 amide bonds. The van der Waals surface area contributed by atoms with Crippen LogP contribution in [0.15, 0.2) is 42.5 Å². The van der Waals surface area contributed by atoms with E-state index in [2.05, 4.69) is 49.9 Å². The van der Waals surface area contributed by atoms with Crippen molar-refractivity contribution in [2.45, 2.75) is 45.5 Å². The van der Waals surface area contributed by atoms with Gasteiger partial charge < -0.3 is 10.5 Å². The first kappa shape index (κ1) is 17.3. The van der Waals surface area contributed by atoms with Gasteiger partial charge in [0.2, 0.25) is 0 Å². The Balaban J connectivity index is 1.72. The molecule has 1 aliphatic rings. The van der Waals surface area contributed by atoms with E-state index in [4.69, 9.17) is 22.1 Å². The van der Waals surface area contributed by atoms with Gasteiger partial charge in [0.25, 0.3) is 0 Å². The number of nitrogens with zero attached hydrogens (tertiary/aromatic N) is 1. The van der Waals surface area contributed by atoms with Crippen molar-refractivity contribution in [3.63, 3.8) is 0 Å².